The van der Waals surface area contributed by atoms with Crippen molar-refractivity contribution >= 4 is 28.9 Å². The molecular weight excluding hydrogens is 487 g/mol. The van der Waals surface area contributed by atoms with Crippen LogP contribution in [0.1, 0.15) is 16.7 Å². The molecule has 1 heterocycles. The molecule has 0 bridgehead atoms. The predicted octanol–water partition coefficient (Wildman–Crippen LogP) is 3.63. The van der Waals surface area contributed by atoms with Gasteiger partial charge in [-0.15, -0.1) is 0 Å². The van der Waals surface area contributed by atoms with Gasteiger partial charge in [-0.05, 0) is 53.7 Å². The lowest BCUT2D eigenvalue weighted by atomic mass is 10.1. The second-order valence-electron chi connectivity index (χ2n) is 7.08. The van der Waals surface area contributed by atoms with Crippen LogP contribution >= 0.6 is 11.8 Å². The number of nitriles is 1. The van der Waals surface area contributed by atoms with Gasteiger partial charge in [0.15, 0.2) is 16.7 Å². The number of hydrogen-bond donors (Lipinski definition) is 2. The third-order valence-electron chi connectivity index (χ3n) is 4.74. The Morgan fingerprint density at radius 2 is 1.80 bits per heavy atom. The van der Waals surface area contributed by atoms with E-state index in [0.717, 1.165) is 17.8 Å². The standard InChI is InChI=1S/C23H20F3N3O5S/c1-33-19-11-14(12-20-21(32)28-22(35-20)29(6-8-30)7-9-31)2-5-18(19)34-17-4-3-15(13-27)10-16(17)23(24,25)26/h2-5,10-12,30-31H,6-9H2,1H3/b20-12-. The maximum Gasteiger partial charge on any atom is 0.420 e. The van der Waals surface area contributed by atoms with E-state index in [9.17, 15) is 28.2 Å². The zero-order valence-electron chi connectivity index (χ0n) is 18.4. The van der Waals surface area contributed by atoms with E-state index in [2.05, 4.69) is 4.99 Å². The van der Waals surface area contributed by atoms with Gasteiger partial charge < -0.3 is 24.6 Å². The minimum absolute atomic E-state index is 0.00395. The van der Waals surface area contributed by atoms with Crippen molar-refractivity contribution in [2.24, 2.45) is 4.99 Å². The molecule has 0 saturated carbocycles. The van der Waals surface area contributed by atoms with Crippen LogP contribution in [0, 0.1) is 11.3 Å². The number of rotatable bonds is 8. The lowest BCUT2D eigenvalue weighted by Gasteiger charge is -2.20. The summed E-state index contributed by atoms with van der Waals surface area (Å²) in [7, 11) is 1.32. The molecule has 2 aromatic carbocycles. The number of amidine groups is 1. The number of carbonyl (C=O) groups is 1. The highest BCUT2D eigenvalue weighted by molar-refractivity contribution is 8.18. The number of ether oxygens (including phenoxy) is 2. The number of amides is 1. The van der Waals surface area contributed by atoms with Crippen LogP contribution in [-0.4, -0.2) is 59.6 Å². The van der Waals surface area contributed by atoms with Crippen molar-refractivity contribution in [1.82, 2.24) is 4.90 Å². The Balaban J connectivity index is 1.86. The monoisotopic (exact) mass is 507 g/mol. The first kappa shape index (κ1) is 26.1. The van der Waals surface area contributed by atoms with E-state index in [-0.39, 0.29) is 48.3 Å². The van der Waals surface area contributed by atoms with Crippen LogP contribution in [0.4, 0.5) is 13.2 Å². The number of hydrogen-bond acceptors (Lipinski definition) is 8. The van der Waals surface area contributed by atoms with E-state index in [1.54, 1.807) is 11.0 Å². The molecule has 0 radical (unpaired) electrons. The highest BCUT2D eigenvalue weighted by Crippen LogP contribution is 2.41. The topological polar surface area (TPSA) is 115 Å². The zero-order chi connectivity index (χ0) is 25.6. The molecule has 0 aliphatic carbocycles. The normalized spacial score (nSPS) is 14.6. The largest absolute Gasteiger partial charge is 0.493 e. The van der Waals surface area contributed by atoms with E-state index < -0.39 is 23.4 Å². The molecule has 8 nitrogen and oxygen atoms in total. The van der Waals surface area contributed by atoms with Crippen LogP contribution in [-0.2, 0) is 11.0 Å². The highest BCUT2D eigenvalue weighted by Gasteiger charge is 2.35. The second-order valence-corrected chi connectivity index (χ2v) is 8.09. The molecule has 3 rings (SSSR count). The predicted molar refractivity (Wildman–Crippen MR) is 123 cm³/mol. The lowest BCUT2D eigenvalue weighted by Crippen LogP contribution is -2.33. The van der Waals surface area contributed by atoms with Crippen molar-refractivity contribution in [3.8, 4) is 23.3 Å². The minimum Gasteiger partial charge on any atom is -0.493 e. The van der Waals surface area contributed by atoms with Crippen molar-refractivity contribution in [2.45, 2.75) is 6.18 Å². The van der Waals surface area contributed by atoms with E-state index >= 15 is 0 Å². The third-order valence-corrected chi connectivity index (χ3v) is 5.78. The van der Waals surface area contributed by atoms with Gasteiger partial charge in [0.05, 0.1) is 42.4 Å². The fraction of sp³-hybridized carbons (Fsp3) is 0.261. The van der Waals surface area contributed by atoms with Crippen molar-refractivity contribution in [3.05, 3.63) is 58.0 Å². The van der Waals surface area contributed by atoms with E-state index in [1.165, 1.54) is 37.5 Å². The van der Waals surface area contributed by atoms with Gasteiger partial charge >= 0.3 is 6.18 Å². The van der Waals surface area contributed by atoms with E-state index in [1.807, 2.05) is 0 Å². The fourth-order valence-electron chi connectivity index (χ4n) is 3.12. The Kier molecular flexibility index (Phi) is 8.39. The van der Waals surface area contributed by atoms with Crippen LogP contribution in [0.25, 0.3) is 6.08 Å². The average Bonchev–Trinajstić information content (AvgIpc) is 3.19. The van der Waals surface area contributed by atoms with Gasteiger partial charge in [-0.2, -0.15) is 23.4 Å². The van der Waals surface area contributed by atoms with Gasteiger partial charge in [0.25, 0.3) is 5.91 Å². The number of halogens is 3. The van der Waals surface area contributed by atoms with Crippen LogP contribution in [0.3, 0.4) is 0 Å². The summed E-state index contributed by atoms with van der Waals surface area (Å²) in [5, 5.41) is 27.6. The molecule has 0 spiro atoms. The quantitative estimate of drug-likeness (QED) is 0.521. The summed E-state index contributed by atoms with van der Waals surface area (Å²) in [5.41, 5.74) is -0.749. The molecule has 184 valence electrons. The number of benzene rings is 2. The summed E-state index contributed by atoms with van der Waals surface area (Å²) in [6, 6.07) is 9.08. The van der Waals surface area contributed by atoms with Crippen molar-refractivity contribution in [3.63, 3.8) is 0 Å². The molecule has 1 amide bonds. The number of alkyl halides is 3. The number of thioether (sulfide) groups is 1. The molecule has 1 aliphatic heterocycles. The molecule has 0 atom stereocenters. The molecule has 1 aliphatic rings. The number of aliphatic hydroxyl groups is 2. The molecule has 12 heteroatoms. The van der Waals surface area contributed by atoms with Gasteiger partial charge in [0, 0.05) is 13.1 Å². The first-order valence-corrected chi connectivity index (χ1v) is 11.0. The van der Waals surface area contributed by atoms with Crippen LogP contribution in [0.5, 0.6) is 17.2 Å². The SMILES string of the molecule is COc1cc(/C=C2\SC(N(CCO)CCO)=NC2=O)ccc1Oc1ccc(C#N)cc1C(F)(F)F. The number of aliphatic hydroxyl groups excluding tert-OH is 2. The first-order valence-electron chi connectivity index (χ1n) is 10.2. The Morgan fingerprint density at radius 1 is 1.11 bits per heavy atom. The maximum atomic E-state index is 13.5. The van der Waals surface area contributed by atoms with Gasteiger partial charge in [0.1, 0.15) is 5.75 Å². The summed E-state index contributed by atoms with van der Waals surface area (Å²) in [6.07, 6.45) is -3.20. The lowest BCUT2D eigenvalue weighted by molar-refractivity contribution is -0.138. The number of aliphatic imine (C=N–C) groups is 1. The molecule has 35 heavy (non-hydrogen) atoms. The number of carbonyl (C=O) groups excluding carboxylic acids is 1. The Labute approximate surface area is 202 Å². The van der Waals surface area contributed by atoms with Crippen LogP contribution in [0.2, 0.25) is 0 Å². The molecule has 0 fully saturated rings. The van der Waals surface area contributed by atoms with Gasteiger partial charge in [-0.3, -0.25) is 4.79 Å². The number of methoxy groups -OCH3 is 1. The average molecular weight is 507 g/mol. The first-order chi connectivity index (χ1) is 16.7. The van der Waals surface area contributed by atoms with Crippen LogP contribution < -0.4 is 9.47 Å². The molecule has 2 N–H and O–H groups in total. The fourth-order valence-corrected chi connectivity index (χ4v) is 4.08. The van der Waals surface area contributed by atoms with Crippen molar-refractivity contribution in [1.29, 1.82) is 5.26 Å². The van der Waals surface area contributed by atoms with E-state index in [0.29, 0.717) is 16.8 Å². The van der Waals surface area contributed by atoms with E-state index in [4.69, 9.17) is 14.7 Å². The highest BCUT2D eigenvalue weighted by atomic mass is 32.2. The molecule has 0 aromatic heterocycles. The third kappa shape index (κ3) is 6.33. The smallest absolute Gasteiger partial charge is 0.420 e. The minimum atomic E-state index is -4.74. The summed E-state index contributed by atoms with van der Waals surface area (Å²) in [4.78, 5) is 18.2. The number of nitrogens with zero attached hydrogens (tertiary/aromatic N) is 3. The summed E-state index contributed by atoms with van der Waals surface area (Å²) in [6.45, 7) is 0.0334. The molecular formula is C23H20F3N3O5S. The zero-order valence-corrected chi connectivity index (χ0v) is 19.2. The Bertz CT molecular complexity index is 1200. The molecule has 0 saturated heterocycles. The Hall–Kier alpha value is -3.53. The van der Waals surface area contributed by atoms with Crippen molar-refractivity contribution < 1.29 is 37.7 Å². The summed E-state index contributed by atoms with van der Waals surface area (Å²) in [5.74, 6) is -0.870. The van der Waals surface area contributed by atoms with Gasteiger partial charge in [0.2, 0.25) is 0 Å². The van der Waals surface area contributed by atoms with Crippen LogP contribution in [0.15, 0.2) is 46.3 Å². The second kappa shape index (κ2) is 11.3. The maximum absolute atomic E-state index is 13.5. The summed E-state index contributed by atoms with van der Waals surface area (Å²) < 4.78 is 51.1. The van der Waals surface area contributed by atoms with Gasteiger partial charge in [-0.25, -0.2) is 0 Å². The molecule has 0 unspecified atom stereocenters. The summed E-state index contributed by atoms with van der Waals surface area (Å²) >= 11 is 1.07. The molecule has 2 aromatic rings. The van der Waals surface area contributed by atoms with Crippen molar-refractivity contribution in [2.75, 3.05) is 33.4 Å². The Morgan fingerprint density at radius 3 is 2.40 bits per heavy atom. The van der Waals surface area contributed by atoms with Gasteiger partial charge in [-0.1, -0.05) is 6.07 Å².